The number of hydrogen-bond acceptors (Lipinski definition) is 2. The molecule has 0 radical (unpaired) electrons. The number of nitrogens with zero attached hydrogens (tertiary/aromatic N) is 1. The molecule has 0 fully saturated rings. The molecule has 1 aromatic heterocycles. The number of halogens is 2. The van der Waals surface area contributed by atoms with Gasteiger partial charge in [0.2, 0.25) is 0 Å². The summed E-state index contributed by atoms with van der Waals surface area (Å²) in [5.41, 5.74) is 1.69. The maximum atomic E-state index is 12.9. The Morgan fingerprint density at radius 1 is 1.31 bits per heavy atom. The first-order chi connectivity index (χ1) is 7.66. The summed E-state index contributed by atoms with van der Waals surface area (Å²) in [7, 11) is 0. The smallest absolute Gasteiger partial charge is 0.144 e. The fraction of sp³-hybridized carbons (Fsp3) is 0.0833. The fourth-order valence-electron chi connectivity index (χ4n) is 1.37. The highest BCUT2D eigenvalue weighted by Crippen LogP contribution is 2.25. The monoisotopic (exact) mass is 280 g/mol. The molecule has 0 unspecified atom stereocenters. The average Bonchev–Trinajstić information content (AvgIpc) is 2.25. The minimum Gasteiger partial charge on any atom is -0.339 e. The summed E-state index contributed by atoms with van der Waals surface area (Å²) in [5.74, 6) is 0.486. The zero-order valence-corrected chi connectivity index (χ0v) is 10.3. The van der Waals surface area contributed by atoms with E-state index in [2.05, 4.69) is 26.2 Å². The first-order valence-corrected chi connectivity index (χ1v) is 5.60. The van der Waals surface area contributed by atoms with Crippen LogP contribution in [0.3, 0.4) is 0 Å². The largest absolute Gasteiger partial charge is 0.339 e. The van der Waals surface area contributed by atoms with Crippen molar-refractivity contribution < 1.29 is 4.39 Å². The molecule has 0 spiro atoms. The van der Waals surface area contributed by atoms with Gasteiger partial charge in [0, 0.05) is 11.9 Å². The van der Waals surface area contributed by atoms with Gasteiger partial charge in [-0.15, -0.1) is 0 Å². The Bertz CT molecular complexity index is 514. The summed E-state index contributed by atoms with van der Waals surface area (Å²) in [6, 6.07) is 8.35. The molecule has 16 heavy (non-hydrogen) atoms. The first kappa shape index (κ1) is 11.1. The molecule has 0 aliphatic carbocycles. The Kier molecular flexibility index (Phi) is 3.19. The molecule has 2 nitrogen and oxygen atoms in total. The third-order valence-corrected chi connectivity index (χ3v) is 2.84. The van der Waals surface area contributed by atoms with Crippen LogP contribution in [0.15, 0.2) is 41.0 Å². The molecule has 0 aliphatic rings. The highest BCUT2D eigenvalue weighted by molar-refractivity contribution is 9.10. The molecule has 2 rings (SSSR count). The second-order valence-electron chi connectivity index (χ2n) is 3.42. The van der Waals surface area contributed by atoms with Crippen LogP contribution < -0.4 is 5.32 Å². The van der Waals surface area contributed by atoms with Gasteiger partial charge in [-0.25, -0.2) is 9.37 Å². The van der Waals surface area contributed by atoms with Crippen molar-refractivity contribution in [2.24, 2.45) is 0 Å². The molecule has 1 aromatic carbocycles. The molecule has 82 valence electrons. The Labute approximate surface area is 102 Å². The van der Waals surface area contributed by atoms with Crippen LogP contribution in [-0.4, -0.2) is 4.98 Å². The normalized spacial score (nSPS) is 10.2. The molecule has 0 aliphatic heterocycles. The summed E-state index contributed by atoms with van der Waals surface area (Å²) in [6.07, 6.45) is 1.70. The van der Waals surface area contributed by atoms with Crippen molar-refractivity contribution >= 4 is 27.4 Å². The topological polar surface area (TPSA) is 24.9 Å². The number of nitrogens with one attached hydrogen (secondary N) is 1. The fourth-order valence-corrected chi connectivity index (χ4v) is 1.73. The number of aryl methyl sites for hydroxylation is 1. The van der Waals surface area contributed by atoms with Gasteiger partial charge < -0.3 is 5.32 Å². The van der Waals surface area contributed by atoms with Crippen molar-refractivity contribution in [3.63, 3.8) is 0 Å². The van der Waals surface area contributed by atoms with Crippen molar-refractivity contribution in [2.45, 2.75) is 6.92 Å². The van der Waals surface area contributed by atoms with Crippen molar-refractivity contribution in [3.05, 3.63) is 52.4 Å². The van der Waals surface area contributed by atoms with E-state index in [1.807, 2.05) is 19.1 Å². The number of aromatic nitrogens is 1. The van der Waals surface area contributed by atoms with E-state index in [0.717, 1.165) is 21.5 Å². The van der Waals surface area contributed by atoms with E-state index in [1.54, 1.807) is 12.3 Å². The third kappa shape index (κ3) is 2.39. The van der Waals surface area contributed by atoms with Crippen LogP contribution in [0.4, 0.5) is 15.9 Å². The molecule has 0 bridgehead atoms. The predicted molar refractivity (Wildman–Crippen MR) is 66.4 cm³/mol. The lowest BCUT2D eigenvalue weighted by atomic mass is 10.2. The van der Waals surface area contributed by atoms with Crippen molar-refractivity contribution in [1.82, 2.24) is 4.98 Å². The lowest BCUT2D eigenvalue weighted by Gasteiger charge is -2.09. The van der Waals surface area contributed by atoms with Gasteiger partial charge in [-0.05, 0) is 58.7 Å². The molecule has 1 heterocycles. The van der Waals surface area contributed by atoms with Gasteiger partial charge in [0.15, 0.2) is 0 Å². The molecule has 0 saturated carbocycles. The summed E-state index contributed by atoms with van der Waals surface area (Å²) in [5, 5.41) is 3.14. The SMILES string of the molecule is Cc1cc(F)ccc1Nc1ncccc1Br. The summed E-state index contributed by atoms with van der Waals surface area (Å²) < 4.78 is 13.8. The van der Waals surface area contributed by atoms with Gasteiger partial charge in [0.25, 0.3) is 0 Å². The summed E-state index contributed by atoms with van der Waals surface area (Å²) in [6.45, 7) is 1.85. The Morgan fingerprint density at radius 3 is 2.81 bits per heavy atom. The quantitative estimate of drug-likeness (QED) is 0.898. The summed E-state index contributed by atoms with van der Waals surface area (Å²) in [4.78, 5) is 4.19. The highest BCUT2D eigenvalue weighted by atomic mass is 79.9. The molecule has 0 saturated heterocycles. The molecule has 0 amide bonds. The van der Waals surface area contributed by atoms with Gasteiger partial charge in [-0.3, -0.25) is 0 Å². The number of pyridine rings is 1. The first-order valence-electron chi connectivity index (χ1n) is 4.80. The lowest BCUT2D eigenvalue weighted by molar-refractivity contribution is 0.627. The Balaban J connectivity index is 2.31. The highest BCUT2D eigenvalue weighted by Gasteiger charge is 2.03. The van der Waals surface area contributed by atoms with Crippen LogP contribution in [-0.2, 0) is 0 Å². The van der Waals surface area contributed by atoms with Crippen LogP contribution in [0.25, 0.3) is 0 Å². The third-order valence-electron chi connectivity index (χ3n) is 2.20. The van der Waals surface area contributed by atoms with Crippen molar-refractivity contribution in [3.8, 4) is 0 Å². The maximum Gasteiger partial charge on any atom is 0.144 e. The second kappa shape index (κ2) is 4.61. The molecule has 2 aromatic rings. The van der Waals surface area contributed by atoms with E-state index in [0.29, 0.717) is 0 Å². The van der Waals surface area contributed by atoms with E-state index in [4.69, 9.17) is 0 Å². The minimum atomic E-state index is -0.233. The van der Waals surface area contributed by atoms with Gasteiger partial charge in [-0.2, -0.15) is 0 Å². The van der Waals surface area contributed by atoms with Gasteiger partial charge >= 0.3 is 0 Å². The molecule has 4 heteroatoms. The average molecular weight is 281 g/mol. The van der Waals surface area contributed by atoms with Gasteiger partial charge in [-0.1, -0.05) is 0 Å². The van der Waals surface area contributed by atoms with Crippen LogP contribution in [0.2, 0.25) is 0 Å². The van der Waals surface area contributed by atoms with Crippen molar-refractivity contribution in [2.75, 3.05) is 5.32 Å². The van der Waals surface area contributed by atoms with Crippen LogP contribution in [0.5, 0.6) is 0 Å². The van der Waals surface area contributed by atoms with E-state index < -0.39 is 0 Å². The van der Waals surface area contributed by atoms with E-state index in [9.17, 15) is 4.39 Å². The van der Waals surface area contributed by atoms with Gasteiger partial charge in [0.05, 0.1) is 4.47 Å². The maximum absolute atomic E-state index is 12.9. The van der Waals surface area contributed by atoms with Gasteiger partial charge in [0.1, 0.15) is 11.6 Å². The zero-order valence-electron chi connectivity index (χ0n) is 8.67. The minimum absolute atomic E-state index is 0.233. The predicted octanol–water partition coefficient (Wildman–Crippen LogP) is 4.04. The van der Waals surface area contributed by atoms with E-state index >= 15 is 0 Å². The Morgan fingerprint density at radius 2 is 2.12 bits per heavy atom. The van der Waals surface area contributed by atoms with Crippen LogP contribution in [0, 0.1) is 12.7 Å². The molecular formula is C12H10BrFN2. The molecular weight excluding hydrogens is 271 g/mol. The number of hydrogen-bond donors (Lipinski definition) is 1. The standard InChI is InChI=1S/C12H10BrFN2/c1-8-7-9(14)4-5-11(8)16-12-10(13)3-2-6-15-12/h2-7H,1H3,(H,15,16). The second-order valence-corrected chi connectivity index (χ2v) is 4.27. The van der Waals surface area contributed by atoms with Crippen LogP contribution in [0.1, 0.15) is 5.56 Å². The summed E-state index contributed by atoms with van der Waals surface area (Å²) >= 11 is 3.39. The lowest BCUT2D eigenvalue weighted by Crippen LogP contribution is -1.96. The zero-order chi connectivity index (χ0) is 11.5. The molecule has 1 N–H and O–H groups in total. The number of rotatable bonds is 2. The van der Waals surface area contributed by atoms with Crippen molar-refractivity contribution in [1.29, 1.82) is 0 Å². The number of benzene rings is 1. The van der Waals surface area contributed by atoms with Crippen LogP contribution >= 0.6 is 15.9 Å². The molecule has 0 atom stereocenters. The van der Waals surface area contributed by atoms with E-state index in [1.165, 1.54) is 12.1 Å². The Hall–Kier alpha value is -1.42. The van der Waals surface area contributed by atoms with E-state index in [-0.39, 0.29) is 5.82 Å². The number of anilines is 2.